The highest BCUT2D eigenvalue weighted by Gasteiger charge is 2.24. The number of hydrogen-bond acceptors (Lipinski definition) is 5. The van der Waals surface area contributed by atoms with Crippen molar-refractivity contribution in [3.8, 4) is 11.4 Å². The largest absolute Gasteiger partial charge is 0.376 e. The van der Waals surface area contributed by atoms with Crippen LogP contribution >= 0.6 is 0 Å². The van der Waals surface area contributed by atoms with Crippen molar-refractivity contribution < 1.29 is 4.79 Å². The number of carbonyl (C=O) groups excluding carboxylic acids is 1. The Morgan fingerprint density at radius 1 is 1.38 bits per heavy atom. The number of aryl methyl sites for hydroxylation is 1. The summed E-state index contributed by atoms with van der Waals surface area (Å²) in [7, 11) is 1.81. The van der Waals surface area contributed by atoms with Crippen LogP contribution in [0.4, 0.5) is 5.69 Å². The maximum atomic E-state index is 12.5. The van der Waals surface area contributed by atoms with Gasteiger partial charge in [-0.1, -0.05) is 19.1 Å². The Morgan fingerprint density at radius 3 is 3.00 bits per heavy atom. The second-order valence-corrected chi connectivity index (χ2v) is 6.21. The summed E-state index contributed by atoms with van der Waals surface area (Å²) in [5.74, 6) is 0.874. The van der Waals surface area contributed by atoms with Gasteiger partial charge in [-0.2, -0.15) is 0 Å². The highest BCUT2D eigenvalue weighted by Crippen LogP contribution is 2.21. The second-order valence-electron chi connectivity index (χ2n) is 6.21. The predicted molar refractivity (Wildman–Crippen MR) is 92.4 cm³/mol. The standard InChI is InChI=1S/C17H24N6O/c1-3-15-9-4-5-10-23(15)16(24)12-18-14-8-6-7-13(11-14)17-19-20-21-22(17)2/h6-8,11,15,18H,3-5,9-10,12H2,1-2H3. The number of hydrogen-bond donors (Lipinski definition) is 1. The van der Waals surface area contributed by atoms with Gasteiger partial charge < -0.3 is 10.2 Å². The molecule has 1 amide bonds. The van der Waals surface area contributed by atoms with Gasteiger partial charge >= 0.3 is 0 Å². The number of benzene rings is 1. The first-order chi connectivity index (χ1) is 11.7. The van der Waals surface area contributed by atoms with Crippen LogP contribution in [0.3, 0.4) is 0 Å². The van der Waals surface area contributed by atoms with Crippen molar-refractivity contribution in [1.29, 1.82) is 0 Å². The summed E-state index contributed by atoms with van der Waals surface area (Å²) in [5, 5.41) is 14.8. The van der Waals surface area contributed by atoms with E-state index in [4.69, 9.17) is 0 Å². The van der Waals surface area contributed by atoms with Crippen LogP contribution in [0.15, 0.2) is 24.3 Å². The molecule has 0 radical (unpaired) electrons. The lowest BCUT2D eigenvalue weighted by Gasteiger charge is -2.35. The van der Waals surface area contributed by atoms with Gasteiger partial charge in [0.25, 0.3) is 0 Å². The molecule has 1 unspecified atom stereocenters. The molecule has 1 aliphatic rings. The summed E-state index contributed by atoms with van der Waals surface area (Å²) in [6.45, 7) is 3.35. The first kappa shape index (κ1) is 16.4. The smallest absolute Gasteiger partial charge is 0.242 e. The Balaban J connectivity index is 1.64. The number of amides is 1. The van der Waals surface area contributed by atoms with Crippen LogP contribution in [0.2, 0.25) is 0 Å². The Hall–Kier alpha value is -2.44. The summed E-state index contributed by atoms with van der Waals surface area (Å²) in [4.78, 5) is 14.6. The summed E-state index contributed by atoms with van der Waals surface area (Å²) >= 11 is 0. The maximum absolute atomic E-state index is 12.5. The Kier molecular flexibility index (Phi) is 5.08. The number of rotatable bonds is 5. The first-order valence-corrected chi connectivity index (χ1v) is 8.55. The third-order valence-corrected chi connectivity index (χ3v) is 4.60. The predicted octanol–water partition coefficient (Wildman–Crippen LogP) is 2.08. The summed E-state index contributed by atoms with van der Waals surface area (Å²) in [5.41, 5.74) is 1.82. The molecule has 3 rings (SSSR count). The maximum Gasteiger partial charge on any atom is 0.242 e. The lowest BCUT2D eigenvalue weighted by atomic mass is 10.00. The van der Waals surface area contributed by atoms with Crippen molar-refractivity contribution in [3.05, 3.63) is 24.3 Å². The number of carbonyl (C=O) groups is 1. The molecule has 1 aliphatic heterocycles. The van der Waals surface area contributed by atoms with Gasteiger partial charge in [0, 0.05) is 30.9 Å². The second kappa shape index (κ2) is 7.42. The van der Waals surface area contributed by atoms with Crippen LogP contribution in [0.1, 0.15) is 32.6 Å². The van der Waals surface area contributed by atoms with Gasteiger partial charge in [0.15, 0.2) is 5.82 Å². The molecule has 2 aromatic rings. The molecule has 1 fully saturated rings. The summed E-state index contributed by atoms with van der Waals surface area (Å²) in [6.07, 6.45) is 4.48. The number of piperidine rings is 1. The van der Waals surface area contributed by atoms with E-state index in [1.54, 1.807) is 11.7 Å². The Morgan fingerprint density at radius 2 is 2.25 bits per heavy atom. The van der Waals surface area contributed by atoms with Gasteiger partial charge in [0.2, 0.25) is 5.91 Å². The van der Waals surface area contributed by atoms with Crippen molar-refractivity contribution in [3.63, 3.8) is 0 Å². The van der Waals surface area contributed by atoms with Crippen molar-refractivity contribution in [2.75, 3.05) is 18.4 Å². The molecule has 0 spiro atoms. The van der Waals surface area contributed by atoms with Crippen molar-refractivity contribution in [2.24, 2.45) is 7.05 Å². The van der Waals surface area contributed by atoms with E-state index in [-0.39, 0.29) is 5.91 Å². The lowest BCUT2D eigenvalue weighted by Crippen LogP contribution is -2.45. The zero-order valence-corrected chi connectivity index (χ0v) is 14.3. The van der Waals surface area contributed by atoms with Crippen LogP contribution in [0.5, 0.6) is 0 Å². The van der Waals surface area contributed by atoms with Crippen molar-refractivity contribution in [2.45, 2.75) is 38.6 Å². The summed E-state index contributed by atoms with van der Waals surface area (Å²) < 4.78 is 1.63. The van der Waals surface area contributed by atoms with Gasteiger partial charge in [0.1, 0.15) is 0 Å². The third-order valence-electron chi connectivity index (χ3n) is 4.60. The van der Waals surface area contributed by atoms with Crippen LogP contribution < -0.4 is 5.32 Å². The summed E-state index contributed by atoms with van der Waals surface area (Å²) in [6, 6.07) is 8.20. The molecular weight excluding hydrogens is 304 g/mol. The molecule has 7 heteroatoms. The molecule has 128 valence electrons. The van der Waals surface area contributed by atoms with Crippen LogP contribution in [0, 0.1) is 0 Å². The Labute approximate surface area is 142 Å². The molecule has 1 N–H and O–H groups in total. The molecule has 1 aromatic heterocycles. The van der Waals surface area contributed by atoms with E-state index in [0.717, 1.165) is 37.1 Å². The van der Waals surface area contributed by atoms with E-state index in [1.807, 2.05) is 29.2 Å². The minimum absolute atomic E-state index is 0.173. The highest BCUT2D eigenvalue weighted by atomic mass is 16.2. The average molecular weight is 328 g/mol. The zero-order valence-electron chi connectivity index (χ0n) is 14.3. The van der Waals surface area contributed by atoms with E-state index in [1.165, 1.54) is 6.42 Å². The molecule has 0 saturated carbocycles. The molecule has 2 heterocycles. The number of nitrogens with zero attached hydrogens (tertiary/aromatic N) is 5. The van der Waals surface area contributed by atoms with E-state index in [2.05, 4.69) is 27.8 Å². The fourth-order valence-electron chi connectivity index (χ4n) is 3.27. The van der Waals surface area contributed by atoms with Crippen LogP contribution in [-0.4, -0.2) is 50.1 Å². The van der Waals surface area contributed by atoms with E-state index >= 15 is 0 Å². The molecular formula is C17H24N6O. The monoisotopic (exact) mass is 328 g/mol. The third kappa shape index (κ3) is 3.55. The fraction of sp³-hybridized carbons (Fsp3) is 0.529. The van der Waals surface area contributed by atoms with Crippen LogP contribution in [-0.2, 0) is 11.8 Å². The fourth-order valence-corrected chi connectivity index (χ4v) is 3.27. The molecule has 24 heavy (non-hydrogen) atoms. The molecule has 0 bridgehead atoms. The van der Waals surface area contributed by atoms with Gasteiger partial charge in [-0.15, -0.1) is 5.10 Å². The quantitative estimate of drug-likeness (QED) is 0.909. The first-order valence-electron chi connectivity index (χ1n) is 8.55. The van der Waals surface area contributed by atoms with Gasteiger partial charge in [-0.05, 0) is 48.2 Å². The Bertz CT molecular complexity index is 698. The molecule has 7 nitrogen and oxygen atoms in total. The van der Waals surface area contributed by atoms with Gasteiger partial charge in [0.05, 0.1) is 6.54 Å². The number of likely N-dealkylation sites (tertiary alicyclic amines) is 1. The van der Waals surface area contributed by atoms with Crippen molar-refractivity contribution in [1.82, 2.24) is 25.1 Å². The highest BCUT2D eigenvalue weighted by molar-refractivity contribution is 5.81. The minimum atomic E-state index is 0.173. The van der Waals surface area contributed by atoms with Crippen LogP contribution in [0.25, 0.3) is 11.4 Å². The molecule has 1 saturated heterocycles. The topological polar surface area (TPSA) is 75.9 Å². The van der Waals surface area contributed by atoms with Gasteiger partial charge in [-0.3, -0.25) is 4.79 Å². The van der Waals surface area contributed by atoms with E-state index in [0.29, 0.717) is 18.4 Å². The molecule has 1 aromatic carbocycles. The molecule has 0 aliphatic carbocycles. The number of nitrogens with one attached hydrogen (secondary N) is 1. The van der Waals surface area contributed by atoms with E-state index < -0.39 is 0 Å². The van der Waals surface area contributed by atoms with Gasteiger partial charge in [-0.25, -0.2) is 4.68 Å². The minimum Gasteiger partial charge on any atom is -0.376 e. The zero-order chi connectivity index (χ0) is 16.9. The SMILES string of the molecule is CCC1CCCCN1C(=O)CNc1cccc(-c2nnnn2C)c1. The van der Waals surface area contributed by atoms with Crippen molar-refractivity contribution >= 4 is 11.6 Å². The number of tetrazole rings is 1. The average Bonchev–Trinajstić information content (AvgIpc) is 3.06. The number of anilines is 1. The molecule has 1 atom stereocenters. The lowest BCUT2D eigenvalue weighted by molar-refractivity contribution is -0.133. The number of aromatic nitrogens is 4. The van der Waals surface area contributed by atoms with E-state index in [9.17, 15) is 4.79 Å². The normalized spacial score (nSPS) is 17.8.